The Labute approximate surface area is 121 Å². The second-order valence-corrected chi connectivity index (χ2v) is 5.66. The van der Waals surface area contributed by atoms with Gasteiger partial charge in [-0.3, -0.25) is 4.79 Å². The van der Waals surface area contributed by atoms with Crippen LogP contribution in [-0.2, 0) is 0 Å². The lowest BCUT2D eigenvalue weighted by Crippen LogP contribution is -2.38. The molecule has 0 atom stereocenters. The Bertz CT molecular complexity index is 465. The number of rotatable bonds is 4. The van der Waals surface area contributed by atoms with Crippen molar-refractivity contribution in [2.24, 2.45) is 5.92 Å². The molecule has 1 aliphatic rings. The maximum atomic E-state index is 12.2. The third-order valence-corrected chi connectivity index (χ3v) is 4.21. The summed E-state index contributed by atoms with van der Waals surface area (Å²) in [6.07, 6.45) is 2.34. The van der Waals surface area contributed by atoms with Crippen molar-refractivity contribution in [1.29, 1.82) is 0 Å². The maximum absolute atomic E-state index is 12.2. The molecule has 0 aliphatic carbocycles. The van der Waals surface area contributed by atoms with Gasteiger partial charge in [-0.2, -0.15) is 0 Å². The summed E-state index contributed by atoms with van der Waals surface area (Å²) in [6, 6.07) is 5.47. The number of nitrogens with zero attached hydrogens (tertiary/aromatic N) is 1. The van der Waals surface area contributed by atoms with Gasteiger partial charge in [-0.05, 0) is 63.0 Å². The Hall–Kier alpha value is -1.55. The van der Waals surface area contributed by atoms with Crippen LogP contribution in [0.15, 0.2) is 18.2 Å². The molecule has 20 heavy (non-hydrogen) atoms. The second-order valence-electron chi connectivity index (χ2n) is 5.66. The maximum Gasteiger partial charge on any atom is 0.251 e. The number of nitrogens with two attached hydrogens (primary N) is 1. The van der Waals surface area contributed by atoms with Gasteiger partial charge in [0.2, 0.25) is 0 Å². The SMILES string of the molecule is CCN1CCC(CNC(=O)c2cc(N)ccc2C)CC1. The van der Waals surface area contributed by atoms with Crippen LogP contribution in [0.3, 0.4) is 0 Å². The van der Waals surface area contributed by atoms with Crippen LogP contribution < -0.4 is 11.1 Å². The van der Waals surface area contributed by atoms with Crippen molar-refractivity contribution < 1.29 is 4.79 Å². The van der Waals surface area contributed by atoms with Gasteiger partial charge in [-0.25, -0.2) is 0 Å². The molecule has 1 aromatic rings. The predicted octanol–water partition coefficient (Wildman–Crippen LogP) is 2.04. The number of carbonyl (C=O) groups is 1. The molecule has 4 nitrogen and oxygen atoms in total. The van der Waals surface area contributed by atoms with Crippen LogP contribution in [0, 0.1) is 12.8 Å². The average Bonchev–Trinajstić information content (AvgIpc) is 2.47. The van der Waals surface area contributed by atoms with Crippen molar-refractivity contribution in [3.8, 4) is 0 Å². The summed E-state index contributed by atoms with van der Waals surface area (Å²) in [5, 5.41) is 3.06. The van der Waals surface area contributed by atoms with E-state index < -0.39 is 0 Å². The normalized spacial score (nSPS) is 17.1. The van der Waals surface area contributed by atoms with Gasteiger partial charge < -0.3 is 16.0 Å². The van der Waals surface area contributed by atoms with Crippen LogP contribution in [0.1, 0.15) is 35.7 Å². The van der Waals surface area contributed by atoms with E-state index in [-0.39, 0.29) is 5.91 Å². The number of nitrogen functional groups attached to an aromatic ring is 1. The first-order chi connectivity index (χ1) is 9.60. The molecule has 0 bridgehead atoms. The Morgan fingerprint density at radius 2 is 2.10 bits per heavy atom. The largest absolute Gasteiger partial charge is 0.399 e. The number of carbonyl (C=O) groups excluding carboxylic acids is 1. The van der Waals surface area contributed by atoms with Crippen LogP contribution in [-0.4, -0.2) is 37.0 Å². The predicted molar refractivity (Wildman–Crippen MR) is 82.8 cm³/mol. The van der Waals surface area contributed by atoms with Crippen LogP contribution in [0.25, 0.3) is 0 Å². The van der Waals surface area contributed by atoms with Crippen molar-refractivity contribution >= 4 is 11.6 Å². The third-order valence-electron chi connectivity index (χ3n) is 4.21. The first-order valence-electron chi connectivity index (χ1n) is 7.46. The lowest BCUT2D eigenvalue weighted by Gasteiger charge is -2.31. The molecule has 110 valence electrons. The van der Waals surface area contributed by atoms with Crippen molar-refractivity contribution in [3.63, 3.8) is 0 Å². The molecule has 0 radical (unpaired) electrons. The molecule has 0 saturated carbocycles. The van der Waals surface area contributed by atoms with E-state index in [2.05, 4.69) is 17.1 Å². The summed E-state index contributed by atoms with van der Waals surface area (Å²) in [5.74, 6) is 0.593. The van der Waals surface area contributed by atoms with E-state index in [0.29, 0.717) is 17.2 Å². The highest BCUT2D eigenvalue weighted by Gasteiger charge is 2.19. The van der Waals surface area contributed by atoms with E-state index in [0.717, 1.165) is 31.7 Å². The summed E-state index contributed by atoms with van der Waals surface area (Å²) in [7, 11) is 0. The third kappa shape index (κ3) is 3.73. The Balaban J connectivity index is 1.85. The minimum atomic E-state index is -0.00674. The molecule has 0 unspecified atom stereocenters. The fourth-order valence-corrected chi connectivity index (χ4v) is 2.72. The first-order valence-corrected chi connectivity index (χ1v) is 7.46. The van der Waals surface area contributed by atoms with E-state index in [1.165, 1.54) is 12.8 Å². The van der Waals surface area contributed by atoms with E-state index in [9.17, 15) is 4.79 Å². The number of benzene rings is 1. The molecule has 0 spiro atoms. The van der Waals surface area contributed by atoms with E-state index in [1.807, 2.05) is 19.1 Å². The summed E-state index contributed by atoms with van der Waals surface area (Å²) in [4.78, 5) is 14.7. The number of hydrogen-bond acceptors (Lipinski definition) is 3. The molecule has 1 aromatic carbocycles. The van der Waals surface area contributed by atoms with Gasteiger partial charge in [0.25, 0.3) is 5.91 Å². The van der Waals surface area contributed by atoms with Crippen molar-refractivity contribution in [2.75, 3.05) is 31.9 Å². The highest BCUT2D eigenvalue weighted by atomic mass is 16.1. The first kappa shape index (κ1) is 14.9. The summed E-state index contributed by atoms with van der Waals surface area (Å²) < 4.78 is 0. The molecule has 0 aromatic heterocycles. The van der Waals surface area contributed by atoms with E-state index in [4.69, 9.17) is 5.73 Å². The van der Waals surface area contributed by atoms with Gasteiger partial charge in [0.1, 0.15) is 0 Å². The van der Waals surface area contributed by atoms with E-state index in [1.54, 1.807) is 6.07 Å². The Morgan fingerprint density at radius 1 is 1.40 bits per heavy atom. The molecule has 1 saturated heterocycles. The van der Waals surface area contributed by atoms with Crippen LogP contribution in [0.5, 0.6) is 0 Å². The Kier molecular flexibility index (Phi) is 5.01. The monoisotopic (exact) mass is 275 g/mol. The summed E-state index contributed by atoms with van der Waals surface area (Å²) in [5.41, 5.74) is 8.05. The fourth-order valence-electron chi connectivity index (χ4n) is 2.72. The number of amides is 1. The van der Waals surface area contributed by atoms with Gasteiger partial charge >= 0.3 is 0 Å². The quantitative estimate of drug-likeness (QED) is 0.827. The smallest absolute Gasteiger partial charge is 0.251 e. The molecular formula is C16H25N3O. The molecule has 1 heterocycles. The second kappa shape index (κ2) is 6.75. The zero-order valence-electron chi connectivity index (χ0n) is 12.5. The van der Waals surface area contributed by atoms with Gasteiger partial charge in [0.05, 0.1) is 0 Å². The standard InChI is InChI=1S/C16H25N3O/c1-3-19-8-6-13(7-9-19)11-18-16(20)15-10-14(17)5-4-12(15)2/h4-5,10,13H,3,6-9,11,17H2,1-2H3,(H,18,20). The molecular weight excluding hydrogens is 250 g/mol. The van der Waals surface area contributed by atoms with Gasteiger partial charge in [0.15, 0.2) is 0 Å². The topological polar surface area (TPSA) is 58.4 Å². The fraction of sp³-hybridized carbons (Fsp3) is 0.562. The summed E-state index contributed by atoms with van der Waals surface area (Å²) in [6.45, 7) is 8.33. The highest BCUT2D eigenvalue weighted by molar-refractivity contribution is 5.96. The molecule has 1 aliphatic heterocycles. The van der Waals surface area contributed by atoms with Crippen molar-refractivity contribution in [2.45, 2.75) is 26.7 Å². The number of nitrogens with one attached hydrogen (secondary N) is 1. The van der Waals surface area contributed by atoms with Crippen LogP contribution in [0.4, 0.5) is 5.69 Å². The zero-order chi connectivity index (χ0) is 14.5. The number of anilines is 1. The van der Waals surface area contributed by atoms with Crippen molar-refractivity contribution in [1.82, 2.24) is 10.2 Å². The summed E-state index contributed by atoms with van der Waals surface area (Å²) >= 11 is 0. The molecule has 2 rings (SSSR count). The van der Waals surface area contributed by atoms with E-state index >= 15 is 0 Å². The van der Waals surface area contributed by atoms with Gasteiger partial charge in [0, 0.05) is 17.8 Å². The lowest BCUT2D eigenvalue weighted by molar-refractivity contribution is 0.0936. The highest BCUT2D eigenvalue weighted by Crippen LogP contribution is 2.17. The minimum absolute atomic E-state index is 0.00674. The molecule has 1 fully saturated rings. The number of piperidine rings is 1. The number of likely N-dealkylation sites (tertiary alicyclic amines) is 1. The van der Waals surface area contributed by atoms with Crippen LogP contribution >= 0.6 is 0 Å². The molecule has 4 heteroatoms. The van der Waals surface area contributed by atoms with Crippen LogP contribution in [0.2, 0.25) is 0 Å². The number of hydrogen-bond donors (Lipinski definition) is 2. The molecule has 1 amide bonds. The Morgan fingerprint density at radius 3 is 2.75 bits per heavy atom. The average molecular weight is 275 g/mol. The zero-order valence-corrected chi connectivity index (χ0v) is 12.5. The van der Waals surface area contributed by atoms with Crippen molar-refractivity contribution in [3.05, 3.63) is 29.3 Å². The van der Waals surface area contributed by atoms with Gasteiger partial charge in [-0.1, -0.05) is 13.0 Å². The van der Waals surface area contributed by atoms with Gasteiger partial charge in [-0.15, -0.1) is 0 Å². The lowest BCUT2D eigenvalue weighted by atomic mass is 9.96. The number of aryl methyl sites for hydroxylation is 1. The minimum Gasteiger partial charge on any atom is -0.399 e. The molecule has 3 N–H and O–H groups in total.